The number of fused-ring (bicyclic) bond motifs is 1. The van der Waals surface area contributed by atoms with Gasteiger partial charge in [0.05, 0.1) is 6.42 Å². The smallest absolute Gasteiger partial charge is 0.305 e. The summed E-state index contributed by atoms with van der Waals surface area (Å²) in [5, 5.41) is 12.2. The van der Waals surface area contributed by atoms with Crippen molar-refractivity contribution in [2.45, 2.75) is 57.9 Å². The molecule has 0 radical (unpaired) electrons. The largest absolute Gasteiger partial charge is 0.481 e. The van der Waals surface area contributed by atoms with Crippen LogP contribution in [-0.4, -0.2) is 26.6 Å². The van der Waals surface area contributed by atoms with E-state index in [1.54, 1.807) is 6.33 Å². The molecule has 0 fully saturated rings. The van der Waals surface area contributed by atoms with Crippen LogP contribution in [0.2, 0.25) is 0 Å². The number of hydrogen-bond acceptors (Lipinski definition) is 4. The molecule has 19 heavy (non-hydrogen) atoms. The Balaban J connectivity index is 2.23. The minimum Gasteiger partial charge on any atom is -0.481 e. The SMILES string of the molecule is CC(C)(CC(=O)O)Nc1ncnc2c1CCCCC2. The molecule has 0 aromatic carbocycles. The van der Waals surface area contributed by atoms with Crippen molar-refractivity contribution < 1.29 is 9.90 Å². The average Bonchev–Trinajstić information content (AvgIpc) is 2.52. The highest BCUT2D eigenvalue weighted by Gasteiger charge is 2.24. The van der Waals surface area contributed by atoms with Crippen LogP contribution >= 0.6 is 0 Å². The van der Waals surface area contributed by atoms with Gasteiger partial charge >= 0.3 is 5.97 Å². The zero-order chi connectivity index (χ0) is 13.9. The fourth-order valence-corrected chi connectivity index (χ4v) is 2.55. The number of aryl methyl sites for hydroxylation is 1. The Morgan fingerprint density at radius 3 is 2.79 bits per heavy atom. The number of aromatic nitrogens is 2. The molecule has 0 spiro atoms. The van der Waals surface area contributed by atoms with Gasteiger partial charge in [-0.25, -0.2) is 9.97 Å². The number of carboxylic acid groups (broad SMARTS) is 1. The van der Waals surface area contributed by atoms with Gasteiger partial charge in [0.25, 0.3) is 0 Å². The lowest BCUT2D eigenvalue weighted by Crippen LogP contribution is -2.34. The van der Waals surface area contributed by atoms with Gasteiger partial charge in [-0.2, -0.15) is 0 Å². The number of aliphatic carboxylic acids is 1. The summed E-state index contributed by atoms with van der Waals surface area (Å²) in [6, 6.07) is 0. The third-order valence-electron chi connectivity index (χ3n) is 3.42. The second-order valence-corrected chi connectivity index (χ2v) is 5.79. The summed E-state index contributed by atoms with van der Waals surface area (Å²) in [4.78, 5) is 19.6. The van der Waals surface area contributed by atoms with Crippen molar-refractivity contribution in [3.05, 3.63) is 17.6 Å². The molecule has 1 aromatic rings. The first-order valence-corrected chi connectivity index (χ1v) is 6.81. The number of carboxylic acids is 1. The fourth-order valence-electron chi connectivity index (χ4n) is 2.55. The van der Waals surface area contributed by atoms with Crippen LogP contribution in [0.1, 0.15) is 50.8 Å². The summed E-state index contributed by atoms with van der Waals surface area (Å²) < 4.78 is 0. The zero-order valence-electron chi connectivity index (χ0n) is 11.6. The molecule has 1 aromatic heterocycles. The van der Waals surface area contributed by atoms with Gasteiger partial charge in [0.15, 0.2) is 0 Å². The molecule has 0 amide bonds. The van der Waals surface area contributed by atoms with Crippen LogP contribution in [0.5, 0.6) is 0 Å². The maximum Gasteiger partial charge on any atom is 0.305 e. The van der Waals surface area contributed by atoms with Crippen molar-refractivity contribution in [3.63, 3.8) is 0 Å². The first-order chi connectivity index (χ1) is 8.98. The minimum absolute atomic E-state index is 0.0613. The second kappa shape index (κ2) is 5.55. The Kier molecular flexibility index (Phi) is 4.02. The van der Waals surface area contributed by atoms with Gasteiger partial charge in [0.1, 0.15) is 12.1 Å². The quantitative estimate of drug-likeness (QED) is 0.816. The summed E-state index contributed by atoms with van der Waals surface area (Å²) in [6.07, 6.45) is 7.13. The van der Waals surface area contributed by atoms with E-state index >= 15 is 0 Å². The van der Waals surface area contributed by atoms with Gasteiger partial charge in [-0.1, -0.05) is 6.42 Å². The number of nitrogens with one attached hydrogen (secondary N) is 1. The van der Waals surface area contributed by atoms with E-state index in [1.165, 1.54) is 18.4 Å². The van der Waals surface area contributed by atoms with E-state index in [0.717, 1.165) is 30.8 Å². The maximum atomic E-state index is 10.9. The third kappa shape index (κ3) is 3.66. The summed E-state index contributed by atoms with van der Waals surface area (Å²) in [5.74, 6) is -0.00389. The lowest BCUT2D eigenvalue weighted by Gasteiger charge is -2.26. The van der Waals surface area contributed by atoms with Gasteiger partial charge in [0, 0.05) is 16.8 Å². The van der Waals surface area contributed by atoms with Gasteiger partial charge in [-0.3, -0.25) is 4.79 Å². The van der Waals surface area contributed by atoms with Crippen molar-refractivity contribution in [2.75, 3.05) is 5.32 Å². The first-order valence-electron chi connectivity index (χ1n) is 6.81. The number of rotatable bonds is 4. The lowest BCUT2D eigenvalue weighted by molar-refractivity contribution is -0.137. The Hall–Kier alpha value is -1.65. The molecule has 104 valence electrons. The molecule has 5 nitrogen and oxygen atoms in total. The van der Waals surface area contributed by atoms with E-state index in [1.807, 2.05) is 13.8 Å². The summed E-state index contributed by atoms with van der Waals surface area (Å²) >= 11 is 0. The number of anilines is 1. The number of hydrogen-bond donors (Lipinski definition) is 2. The fraction of sp³-hybridized carbons (Fsp3) is 0.643. The minimum atomic E-state index is -0.808. The molecule has 0 atom stereocenters. The standard InChI is InChI=1S/C14H21N3O2/c1-14(2,8-12(18)19)17-13-10-6-4-3-5-7-11(10)15-9-16-13/h9H,3-8H2,1-2H3,(H,18,19)(H,15,16,17). The molecule has 1 aliphatic carbocycles. The van der Waals surface area contributed by atoms with Crippen LogP contribution in [0.15, 0.2) is 6.33 Å². The van der Waals surface area contributed by atoms with Crippen molar-refractivity contribution >= 4 is 11.8 Å². The summed E-state index contributed by atoms with van der Waals surface area (Å²) in [5.41, 5.74) is 1.76. The van der Waals surface area contributed by atoms with Crippen LogP contribution in [0, 0.1) is 0 Å². The molecule has 0 saturated heterocycles. The van der Waals surface area contributed by atoms with E-state index in [2.05, 4.69) is 15.3 Å². The molecule has 0 unspecified atom stereocenters. The molecule has 2 N–H and O–H groups in total. The van der Waals surface area contributed by atoms with Gasteiger partial charge in [0.2, 0.25) is 0 Å². The van der Waals surface area contributed by atoms with E-state index in [-0.39, 0.29) is 6.42 Å². The molecular formula is C14H21N3O2. The second-order valence-electron chi connectivity index (χ2n) is 5.79. The molecule has 2 rings (SSSR count). The average molecular weight is 263 g/mol. The Labute approximate surface area is 113 Å². The first kappa shape index (κ1) is 13.8. The zero-order valence-corrected chi connectivity index (χ0v) is 11.6. The van der Waals surface area contributed by atoms with E-state index in [4.69, 9.17) is 5.11 Å². The van der Waals surface area contributed by atoms with Gasteiger partial charge < -0.3 is 10.4 Å². The molecule has 0 bridgehead atoms. The van der Waals surface area contributed by atoms with Gasteiger partial charge in [-0.05, 0) is 39.5 Å². The van der Waals surface area contributed by atoms with Crippen molar-refractivity contribution in [1.82, 2.24) is 9.97 Å². The lowest BCUT2D eigenvalue weighted by atomic mass is 9.99. The Morgan fingerprint density at radius 2 is 2.05 bits per heavy atom. The van der Waals surface area contributed by atoms with Crippen LogP contribution in [-0.2, 0) is 17.6 Å². The molecule has 1 heterocycles. The maximum absolute atomic E-state index is 10.9. The van der Waals surface area contributed by atoms with Crippen molar-refractivity contribution in [3.8, 4) is 0 Å². The highest BCUT2D eigenvalue weighted by Crippen LogP contribution is 2.26. The topological polar surface area (TPSA) is 75.1 Å². The monoisotopic (exact) mass is 263 g/mol. The van der Waals surface area contributed by atoms with Crippen LogP contribution in [0.4, 0.5) is 5.82 Å². The van der Waals surface area contributed by atoms with Crippen LogP contribution in [0.3, 0.4) is 0 Å². The molecule has 0 saturated carbocycles. The Morgan fingerprint density at radius 1 is 1.32 bits per heavy atom. The van der Waals surface area contributed by atoms with Crippen LogP contribution in [0.25, 0.3) is 0 Å². The van der Waals surface area contributed by atoms with Crippen LogP contribution < -0.4 is 5.32 Å². The highest BCUT2D eigenvalue weighted by molar-refractivity contribution is 5.69. The third-order valence-corrected chi connectivity index (χ3v) is 3.42. The number of nitrogens with zero attached hydrogens (tertiary/aromatic N) is 2. The van der Waals surface area contributed by atoms with E-state index in [9.17, 15) is 4.79 Å². The molecular weight excluding hydrogens is 242 g/mol. The molecule has 1 aliphatic rings. The van der Waals surface area contributed by atoms with Gasteiger partial charge in [-0.15, -0.1) is 0 Å². The summed E-state index contributed by atoms with van der Waals surface area (Å²) in [7, 11) is 0. The van der Waals surface area contributed by atoms with E-state index < -0.39 is 11.5 Å². The number of carbonyl (C=O) groups is 1. The van der Waals surface area contributed by atoms with E-state index in [0.29, 0.717) is 0 Å². The van der Waals surface area contributed by atoms with Crippen molar-refractivity contribution in [1.29, 1.82) is 0 Å². The predicted octanol–water partition coefficient (Wildman–Crippen LogP) is 2.41. The molecule has 0 aliphatic heterocycles. The Bertz CT molecular complexity index is 472. The highest BCUT2D eigenvalue weighted by atomic mass is 16.4. The molecule has 5 heteroatoms. The predicted molar refractivity (Wildman–Crippen MR) is 73.2 cm³/mol. The summed E-state index contributed by atoms with van der Waals surface area (Å²) in [6.45, 7) is 3.76. The van der Waals surface area contributed by atoms with Crippen molar-refractivity contribution in [2.24, 2.45) is 0 Å². The normalized spacial score (nSPS) is 15.5.